The van der Waals surface area contributed by atoms with Gasteiger partial charge in [-0.3, -0.25) is 4.99 Å². The molecule has 132 valence electrons. The van der Waals surface area contributed by atoms with Crippen molar-refractivity contribution in [2.24, 2.45) is 10.4 Å². The minimum Gasteiger partial charge on any atom is -0.488 e. The summed E-state index contributed by atoms with van der Waals surface area (Å²) < 4.78 is 11.6. The molecular weight excluding hydrogens is 417 g/mol. The highest BCUT2D eigenvalue weighted by Crippen LogP contribution is 2.38. The van der Waals surface area contributed by atoms with Crippen LogP contribution in [0.1, 0.15) is 18.4 Å². The molecule has 6 heteroatoms. The van der Waals surface area contributed by atoms with Crippen LogP contribution in [0.2, 0.25) is 0 Å². The van der Waals surface area contributed by atoms with Crippen LogP contribution in [-0.4, -0.2) is 56.9 Å². The number of aliphatic imine (C=N–C) groups is 1. The first-order valence-corrected chi connectivity index (χ1v) is 8.56. The van der Waals surface area contributed by atoms with Crippen LogP contribution in [0.15, 0.2) is 29.3 Å². The number of benzene rings is 1. The van der Waals surface area contributed by atoms with Crippen molar-refractivity contribution in [3.63, 3.8) is 0 Å². The summed E-state index contributed by atoms with van der Waals surface area (Å²) in [6.45, 7) is 4.73. The van der Waals surface area contributed by atoms with E-state index in [0.29, 0.717) is 5.41 Å². The Morgan fingerprint density at radius 2 is 2.25 bits per heavy atom. The second-order valence-corrected chi connectivity index (χ2v) is 6.95. The Kier molecular flexibility index (Phi) is 5.54. The van der Waals surface area contributed by atoms with Crippen molar-refractivity contribution < 1.29 is 9.47 Å². The standard InChI is InChI=1S/C18H25N3O2.HI/c1-19-17(21-8-6-18(12-21)7-9-22-13-18)20-11-15-10-14-4-2-3-5-16(14)23-15;/h2-5,15H,6-13H2,1H3,(H,19,20);1H. The van der Waals surface area contributed by atoms with Gasteiger partial charge in [0, 0.05) is 38.6 Å². The SMILES string of the molecule is CN=C(NCC1Cc2ccccc2O1)N1CCC2(CCOC2)C1.I. The molecule has 2 saturated heterocycles. The summed E-state index contributed by atoms with van der Waals surface area (Å²) in [4.78, 5) is 6.84. The van der Waals surface area contributed by atoms with Gasteiger partial charge in [0.05, 0.1) is 13.2 Å². The third-order valence-corrected chi connectivity index (χ3v) is 5.34. The summed E-state index contributed by atoms with van der Waals surface area (Å²) in [5.41, 5.74) is 1.66. The van der Waals surface area contributed by atoms with E-state index < -0.39 is 0 Å². The van der Waals surface area contributed by atoms with Gasteiger partial charge in [0.1, 0.15) is 11.9 Å². The summed E-state index contributed by atoms with van der Waals surface area (Å²) in [6.07, 6.45) is 3.55. The normalized spacial score (nSPS) is 28.6. The van der Waals surface area contributed by atoms with Crippen LogP contribution in [0, 0.1) is 5.41 Å². The zero-order valence-corrected chi connectivity index (χ0v) is 16.5. The van der Waals surface area contributed by atoms with Crippen LogP contribution in [0.3, 0.4) is 0 Å². The fourth-order valence-corrected chi connectivity index (χ4v) is 3.99. The molecule has 0 aliphatic carbocycles. The molecule has 1 aromatic carbocycles. The summed E-state index contributed by atoms with van der Waals surface area (Å²) in [5.74, 6) is 2.02. The highest BCUT2D eigenvalue weighted by molar-refractivity contribution is 14.0. The van der Waals surface area contributed by atoms with E-state index in [1.54, 1.807) is 0 Å². The van der Waals surface area contributed by atoms with Gasteiger partial charge >= 0.3 is 0 Å². The summed E-state index contributed by atoms with van der Waals surface area (Å²) in [7, 11) is 1.86. The van der Waals surface area contributed by atoms with Gasteiger partial charge in [-0.05, 0) is 24.5 Å². The first kappa shape index (κ1) is 17.8. The Bertz CT molecular complexity index is 577. The van der Waals surface area contributed by atoms with Gasteiger partial charge in [0.25, 0.3) is 0 Å². The molecule has 4 rings (SSSR count). The number of nitrogens with zero attached hydrogens (tertiary/aromatic N) is 2. The number of ether oxygens (including phenoxy) is 2. The number of halogens is 1. The van der Waals surface area contributed by atoms with Gasteiger partial charge in [-0.2, -0.15) is 0 Å². The van der Waals surface area contributed by atoms with E-state index in [9.17, 15) is 0 Å². The minimum atomic E-state index is 0. The van der Waals surface area contributed by atoms with Crippen LogP contribution in [-0.2, 0) is 11.2 Å². The molecule has 5 nitrogen and oxygen atoms in total. The van der Waals surface area contributed by atoms with E-state index in [-0.39, 0.29) is 30.1 Å². The van der Waals surface area contributed by atoms with Gasteiger partial charge in [-0.1, -0.05) is 18.2 Å². The van der Waals surface area contributed by atoms with Crippen molar-refractivity contribution in [1.29, 1.82) is 0 Å². The third-order valence-electron chi connectivity index (χ3n) is 5.34. The first-order chi connectivity index (χ1) is 11.3. The Hall–Kier alpha value is -1.02. The number of likely N-dealkylation sites (tertiary alicyclic amines) is 1. The van der Waals surface area contributed by atoms with Gasteiger partial charge in [0.2, 0.25) is 0 Å². The van der Waals surface area contributed by atoms with E-state index in [1.807, 2.05) is 13.1 Å². The molecule has 1 spiro atoms. The maximum atomic E-state index is 6.00. The molecule has 3 aliphatic heterocycles. The molecule has 0 aromatic heterocycles. The quantitative estimate of drug-likeness (QED) is 0.433. The third kappa shape index (κ3) is 3.49. The van der Waals surface area contributed by atoms with E-state index in [1.165, 1.54) is 18.4 Å². The molecule has 2 unspecified atom stereocenters. The second kappa shape index (κ2) is 7.47. The van der Waals surface area contributed by atoms with Crippen molar-refractivity contribution in [3.05, 3.63) is 29.8 Å². The molecule has 0 radical (unpaired) electrons. The molecule has 3 aliphatic rings. The lowest BCUT2D eigenvalue weighted by atomic mass is 9.87. The van der Waals surface area contributed by atoms with Crippen LogP contribution in [0.4, 0.5) is 0 Å². The molecule has 2 fully saturated rings. The lowest BCUT2D eigenvalue weighted by Gasteiger charge is -2.25. The van der Waals surface area contributed by atoms with Crippen molar-refractivity contribution >= 4 is 29.9 Å². The van der Waals surface area contributed by atoms with Crippen LogP contribution in [0.25, 0.3) is 0 Å². The zero-order chi connectivity index (χ0) is 15.7. The highest BCUT2D eigenvalue weighted by atomic mass is 127. The molecule has 1 N–H and O–H groups in total. The van der Waals surface area contributed by atoms with Gasteiger partial charge in [-0.25, -0.2) is 0 Å². The lowest BCUT2D eigenvalue weighted by molar-refractivity contribution is 0.156. The fourth-order valence-electron chi connectivity index (χ4n) is 3.99. The van der Waals surface area contributed by atoms with E-state index in [4.69, 9.17) is 9.47 Å². The number of para-hydroxylation sites is 1. The Balaban J connectivity index is 0.00000169. The fraction of sp³-hybridized carbons (Fsp3) is 0.611. The highest BCUT2D eigenvalue weighted by Gasteiger charge is 2.42. The largest absolute Gasteiger partial charge is 0.488 e. The zero-order valence-electron chi connectivity index (χ0n) is 14.2. The van der Waals surface area contributed by atoms with Crippen molar-refractivity contribution in [3.8, 4) is 5.75 Å². The summed E-state index contributed by atoms with van der Waals surface area (Å²) in [6, 6.07) is 8.30. The molecule has 0 bridgehead atoms. The smallest absolute Gasteiger partial charge is 0.193 e. The van der Waals surface area contributed by atoms with Crippen LogP contribution < -0.4 is 10.1 Å². The Morgan fingerprint density at radius 1 is 1.38 bits per heavy atom. The minimum absolute atomic E-state index is 0. The average molecular weight is 443 g/mol. The molecule has 3 heterocycles. The number of fused-ring (bicyclic) bond motifs is 1. The number of nitrogens with one attached hydrogen (secondary N) is 1. The molecule has 0 saturated carbocycles. The maximum absolute atomic E-state index is 6.00. The average Bonchev–Trinajstić information content (AvgIpc) is 3.29. The van der Waals surface area contributed by atoms with E-state index in [0.717, 1.165) is 51.0 Å². The molecule has 0 amide bonds. The molecule has 24 heavy (non-hydrogen) atoms. The van der Waals surface area contributed by atoms with Gasteiger partial charge in [0.15, 0.2) is 5.96 Å². The molecular formula is C18H26IN3O2. The number of rotatable bonds is 2. The van der Waals surface area contributed by atoms with Crippen molar-refractivity contribution in [2.45, 2.75) is 25.4 Å². The van der Waals surface area contributed by atoms with Crippen LogP contribution >= 0.6 is 24.0 Å². The topological polar surface area (TPSA) is 46.1 Å². The van der Waals surface area contributed by atoms with Gasteiger partial charge < -0.3 is 19.7 Å². The van der Waals surface area contributed by atoms with E-state index in [2.05, 4.69) is 33.4 Å². The van der Waals surface area contributed by atoms with Crippen LogP contribution in [0.5, 0.6) is 5.75 Å². The predicted octanol–water partition coefficient (Wildman–Crippen LogP) is 2.30. The second-order valence-electron chi connectivity index (χ2n) is 6.95. The maximum Gasteiger partial charge on any atom is 0.193 e. The predicted molar refractivity (Wildman–Crippen MR) is 105 cm³/mol. The summed E-state index contributed by atoms with van der Waals surface area (Å²) in [5, 5.41) is 3.50. The number of hydrogen-bond acceptors (Lipinski definition) is 3. The first-order valence-electron chi connectivity index (χ1n) is 8.56. The molecule has 2 atom stereocenters. The summed E-state index contributed by atoms with van der Waals surface area (Å²) >= 11 is 0. The monoisotopic (exact) mass is 443 g/mol. The number of guanidine groups is 1. The Labute approximate surface area is 160 Å². The number of hydrogen-bond donors (Lipinski definition) is 1. The van der Waals surface area contributed by atoms with Gasteiger partial charge in [-0.15, -0.1) is 24.0 Å². The van der Waals surface area contributed by atoms with E-state index >= 15 is 0 Å². The Morgan fingerprint density at radius 3 is 3.00 bits per heavy atom. The van der Waals surface area contributed by atoms with Crippen molar-refractivity contribution in [2.75, 3.05) is 39.9 Å². The molecule has 1 aromatic rings. The van der Waals surface area contributed by atoms with Crippen molar-refractivity contribution in [1.82, 2.24) is 10.2 Å². The lowest BCUT2D eigenvalue weighted by Crippen LogP contribution is -2.44.